The van der Waals surface area contributed by atoms with E-state index in [9.17, 15) is 4.79 Å². The normalized spacial score (nSPS) is 10.1. The molecule has 0 radical (unpaired) electrons. The van der Waals surface area contributed by atoms with Crippen molar-refractivity contribution in [2.24, 2.45) is 0 Å². The zero-order valence-corrected chi connectivity index (χ0v) is 12.1. The van der Waals surface area contributed by atoms with E-state index >= 15 is 0 Å². The van der Waals surface area contributed by atoms with Gasteiger partial charge < -0.3 is 10.6 Å². The molecule has 18 heavy (non-hydrogen) atoms. The molecule has 0 fully saturated rings. The number of halogens is 1. The first-order chi connectivity index (χ1) is 8.70. The van der Waals surface area contributed by atoms with E-state index < -0.39 is 0 Å². The molecule has 6 heteroatoms. The first-order valence-corrected chi connectivity index (χ1v) is 7.02. The molecule has 0 aliphatic carbocycles. The molecule has 0 unspecified atom stereocenters. The predicted octanol–water partition coefficient (Wildman–Crippen LogP) is 2.88. The molecule has 0 bridgehead atoms. The summed E-state index contributed by atoms with van der Waals surface area (Å²) in [5.41, 5.74) is 0.552. The monoisotopic (exact) mass is 325 g/mol. The standard InChI is InChI=1S/C12H12BrN3OS/c1-14-11-10(3-2-4-15-11)12(17)16-6-9-5-8(13)7-18-9/h2-5,7H,6H2,1H3,(H,14,15)(H,16,17). The van der Waals surface area contributed by atoms with E-state index in [1.54, 1.807) is 36.7 Å². The Bertz CT molecular complexity index is 556. The molecule has 1 amide bonds. The van der Waals surface area contributed by atoms with E-state index in [2.05, 4.69) is 31.5 Å². The highest BCUT2D eigenvalue weighted by atomic mass is 79.9. The fourth-order valence-corrected chi connectivity index (χ4v) is 2.89. The molecule has 2 heterocycles. The molecule has 94 valence electrons. The van der Waals surface area contributed by atoms with Crippen LogP contribution in [0, 0.1) is 0 Å². The Morgan fingerprint density at radius 1 is 1.56 bits per heavy atom. The maximum atomic E-state index is 12.0. The lowest BCUT2D eigenvalue weighted by molar-refractivity contribution is 0.0952. The molecule has 0 spiro atoms. The smallest absolute Gasteiger partial charge is 0.255 e. The van der Waals surface area contributed by atoms with E-state index in [0.717, 1.165) is 9.35 Å². The number of nitrogens with one attached hydrogen (secondary N) is 2. The van der Waals surface area contributed by atoms with Crippen molar-refractivity contribution in [1.29, 1.82) is 0 Å². The minimum Gasteiger partial charge on any atom is -0.372 e. The van der Waals surface area contributed by atoms with Gasteiger partial charge in [0.25, 0.3) is 5.91 Å². The first kappa shape index (κ1) is 13.0. The SMILES string of the molecule is CNc1ncccc1C(=O)NCc1cc(Br)cs1. The van der Waals surface area contributed by atoms with Crippen molar-refractivity contribution >= 4 is 39.0 Å². The third-order valence-corrected chi connectivity index (χ3v) is 4.03. The predicted molar refractivity (Wildman–Crippen MR) is 77.0 cm³/mol. The molecular formula is C12H12BrN3OS. The molecule has 2 aromatic heterocycles. The number of carbonyl (C=O) groups excluding carboxylic acids is 1. The highest BCUT2D eigenvalue weighted by Gasteiger charge is 2.10. The van der Waals surface area contributed by atoms with Gasteiger partial charge in [-0.05, 0) is 34.1 Å². The van der Waals surface area contributed by atoms with Crippen molar-refractivity contribution in [2.75, 3.05) is 12.4 Å². The van der Waals surface area contributed by atoms with Crippen LogP contribution in [-0.2, 0) is 6.54 Å². The van der Waals surface area contributed by atoms with Gasteiger partial charge in [-0.15, -0.1) is 11.3 Å². The topological polar surface area (TPSA) is 54.0 Å². The molecule has 0 saturated carbocycles. The van der Waals surface area contributed by atoms with Crippen molar-refractivity contribution in [3.8, 4) is 0 Å². The summed E-state index contributed by atoms with van der Waals surface area (Å²) in [6.45, 7) is 0.521. The van der Waals surface area contributed by atoms with Crippen molar-refractivity contribution in [3.05, 3.63) is 44.7 Å². The highest BCUT2D eigenvalue weighted by molar-refractivity contribution is 9.10. The average Bonchev–Trinajstić information content (AvgIpc) is 2.81. The van der Waals surface area contributed by atoms with Crippen LogP contribution in [0.1, 0.15) is 15.2 Å². The Morgan fingerprint density at radius 2 is 2.39 bits per heavy atom. The van der Waals surface area contributed by atoms with Crippen LogP contribution >= 0.6 is 27.3 Å². The fraction of sp³-hybridized carbons (Fsp3) is 0.167. The fourth-order valence-electron chi connectivity index (χ4n) is 1.50. The van der Waals surface area contributed by atoms with Crippen molar-refractivity contribution in [1.82, 2.24) is 10.3 Å². The number of carbonyl (C=O) groups is 1. The summed E-state index contributed by atoms with van der Waals surface area (Å²) in [7, 11) is 1.75. The van der Waals surface area contributed by atoms with Gasteiger partial charge in [0.15, 0.2) is 0 Å². The average molecular weight is 326 g/mol. The minimum absolute atomic E-state index is 0.128. The Morgan fingerprint density at radius 3 is 3.06 bits per heavy atom. The molecule has 0 aliphatic heterocycles. The van der Waals surface area contributed by atoms with E-state index in [0.29, 0.717) is 17.9 Å². The Hall–Kier alpha value is -1.40. The number of rotatable bonds is 4. The van der Waals surface area contributed by atoms with Gasteiger partial charge in [0.2, 0.25) is 0 Å². The Balaban J connectivity index is 2.03. The highest BCUT2D eigenvalue weighted by Crippen LogP contribution is 2.19. The lowest BCUT2D eigenvalue weighted by Crippen LogP contribution is -2.23. The largest absolute Gasteiger partial charge is 0.372 e. The van der Waals surface area contributed by atoms with Gasteiger partial charge in [0.05, 0.1) is 12.1 Å². The van der Waals surface area contributed by atoms with Gasteiger partial charge in [0, 0.05) is 28.0 Å². The minimum atomic E-state index is -0.128. The number of pyridine rings is 1. The van der Waals surface area contributed by atoms with Crippen LogP contribution in [-0.4, -0.2) is 17.9 Å². The van der Waals surface area contributed by atoms with Crippen LogP contribution < -0.4 is 10.6 Å². The first-order valence-electron chi connectivity index (χ1n) is 5.34. The van der Waals surface area contributed by atoms with Gasteiger partial charge in [0.1, 0.15) is 5.82 Å². The summed E-state index contributed by atoms with van der Waals surface area (Å²) in [4.78, 5) is 17.2. The maximum Gasteiger partial charge on any atom is 0.255 e. The summed E-state index contributed by atoms with van der Waals surface area (Å²) < 4.78 is 1.04. The van der Waals surface area contributed by atoms with Crippen LogP contribution in [0.4, 0.5) is 5.82 Å². The molecule has 0 saturated heterocycles. The molecule has 0 atom stereocenters. The van der Waals surface area contributed by atoms with Gasteiger partial charge in [-0.25, -0.2) is 4.98 Å². The summed E-state index contributed by atoms with van der Waals surface area (Å²) >= 11 is 4.99. The number of thiophene rings is 1. The second kappa shape index (κ2) is 5.97. The van der Waals surface area contributed by atoms with Crippen LogP contribution in [0.25, 0.3) is 0 Å². The summed E-state index contributed by atoms with van der Waals surface area (Å²) in [6, 6.07) is 5.49. The second-order valence-electron chi connectivity index (χ2n) is 3.56. The van der Waals surface area contributed by atoms with Crippen LogP contribution in [0.15, 0.2) is 34.2 Å². The van der Waals surface area contributed by atoms with E-state index in [-0.39, 0.29) is 5.91 Å². The molecular weight excluding hydrogens is 314 g/mol. The van der Waals surface area contributed by atoms with E-state index in [1.807, 2.05) is 11.4 Å². The van der Waals surface area contributed by atoms with Gasteiger partial charge in [-0.1, -0.05) is 0 Å². The quantitative estimate of drug-likeness (QED) is 0.908. The van der Waals surface area contributed by atoms with E-state index in [1.165, 1.54) is 0 Å². The van der Waals surface area contributed by atoms with Gasteiger partial charge in [-0.2, -0.15) is 0 Å². The van der Waals surface area contributed by atoms with Crippen LogP contribution in [0.5, 0.6) is 0 Å². The Kier molecular flexibility index (Phi) is 4.33. The zero-order valence-electron chi connectivity index (χ0n) is 9.74. The summed E-state index contributed by atoms with van der Waals surface area (Å²) in [5.74, 6) is 0.458. The number of nitrogens with zero attached hydrogens (tertiary/aromatic N) is 1. The lowest BCUT2D eigenvalue weighted by Gasteiger charge is -2.07. The second-order valence-corrected chi connectivity index (χ2v) is 5.47. The van der Waals surface area contributed by atoms with E-state index in [4.69, 9.17) is 0 Å². The number of amides is 1. The molecule has 2 aromatic rings. The molecule has 4 nitrogen and oxygen atoms in total. The third-order valence-electron chi connectivity index (χ3n) is 2.33. The summed E-state index contributed by atoms with van der Waals surface area (Å²) in [5, 5.41) is 7.77. The molecule has 2 N–H and O–H groups in total. The number of aromatic nitrogens is 1. The number of hydrogen-bond donors (Lipinski definition) is 2. The zero-order chi connectivity index (χ0) is 13.0. The third kappa shape index (κ3) is 3.08. The summed E-state index contributed by atoms with van der Waals surface area (Å²) in [6.07, 6.45) is 1.65. The number of anilines is 1. The van der Waals surface area contributed by atoms with Gasteiger partial charge >= 0.3 is 0 Å². The maximum absolute atomic E-state index is 12.0. The lowest BCUT2D eigenvalue weighted by atomic mass is 10.2. The molecule has 2 rings (SSSR count). The van der Waals surface area contributed by atoms with Crippen LogP contribution in [0.3, 0.4) is 0 Å². The van der Waals surface area contributed by atoms with Crippen molar-refractivity contribution < 1.29 is 4.79 Å². The molecule has 0 aromatic carbocycles. The van der Waals surface area contributed by atoms with Crippen LogP contribution in [0.2, 0.25) is 0 Å². The Labute approximate surface area is 118 Å². The van der Waals surface area contributed by atoms with Crippen molar-refractivity contribution in [3.63, 3.8) is 0 Å². The number of hydrogen-bond acceptors (Lipinski definition) is 4. The van der Waals surface area contributed by atoms with Crippen molar-refractivity contribution in [2.45, 2.75) is 6.54 Å². The molecule has 0 aliphatic rings. The van der Waals surface area contributed by atoms with Gasteiger partial charge in [-0.3, -0.25) is 4.79 Å².